The molecule has 0 aliphatic carbocycles. The number of carbonyl (C=O) groups excluding carboxylic acids is 3. The number of nitrogens with one attached hydrogen (secondary N) is 1. The summed E-state index contributed by atoms with van der Waals surface area (Å²) in [5.41, 5.74) is 4.35. The van der Waals surface area contributed by atoms with Gasteiger partial charge in [-0.2, -0.15) is 10.4 Å². The quantitative estimate of drug-likeness (QED) is 0.165. The zero-order valence-electron chi connectivity index (χ0n) is 23.0. The first-order valence-corrected chi connectivity index (χ1v) is 13.7. The minimum atomic E-state index is -2.73. The fourth-order valence-corrected chi connectivity index (χ4v) is 4.25. The van der Waals surface area contributed by atoms with Gasteiger partial charge in [0.2, 0.25) is 5.60 Å². The van der Waals surface area contributed by atoms with Gasteiger partial charge in [0, 0.05) is 20.0 Å². The summed E-state index contributed by atoms with van der Waals surface area (Å²) in [6.07, 6.45) is -1.43. The number of carbonyl (C=O) groups is 3. The van der Waals surface area contributed by atoms with Crippen molar-refractivity contribution in [1.82, 2.24) is 19.7 Å². The Morgan fingerprint density at radius 1 is 1.20 bits per heavy atom. The number of hydrogen-bond acceptors (Lipinski definition) is 13. The van der Waals surface area contributed by atoms with Crippen LogP contribution in [0, 0.1) is 11.3 Å². The van der Waals surface area contributed by atoms with Crippen molar-refractivity contribution in [2.75, 3.05) is 26.1 Å². The first kappa shape index (κ1) is 32.5. The minimum absolute atomic E-state index is 0.0454. The molecule has 3 N–H and O–H groups in total. The maximum atomic E-state index is 12.7. The topological polar surface area (TPSA) is 206 Å². The second kappa shape index (κ2) is 15.2. The highest BCUT2D eigenvalue weighted by molar-refractivity contribution is 7.36. The zero-order valence-corrected chi connectivity index (χ0v) is 23.9. The van der Waals surface area contributed by atoms with Crippen LogP contribution in [0.3, 0.4) is 0 Å². The van der Waals surface area contributed by atoms with Gasteiger partial charge in [-0.05, 0) is 30.0 Å². The number of nitrogen functional groups attached to an aromatic ring is 1. The molecule has 0 radical (unpaired) electrons. The largest absolute Gasteiger partial charge is 0.613 e. The number of fused-ring (bicyclic) bond motifs is 1. The summed E-state index contributed by atoms with van der Waals surface area (Å²) in [6, 6.07) is 4.01. The number of aromatic nitrogens is 3. The Kier molecular flexibility index (Phi) is 12.3. The molecule has 2 rings (SSSR count). The van der Waals surface area contributed by atoms with Gasteiger partial charge in [0.05, 0.1) is 12.3 Å². The Labute approximate surface area is 232 Å². The molecule has 0 aliphatic rings. The molecule has 0 amide bonds. The van der Waals surface area contributed by atoms with Gasteiger partial charge < -0.3 is 24.7 Å². The molecule has 15 nitrogen and oxygen atoms in total. The maximum absolute atomic E-state index is 12.7. The van der Waals surface area contributed by atoms with Crippen molar-refractivity contribution in [3.05, 3.63) is 24.2 Å². The van der Waals surface area contributed by atoms with Crippen molar-refractivity contribution < 1.29 is 42.4 Å². The zero-order chi connectivity index (χ0) is 29.9. The van der Waals surface area contributed by atoms with Crippen LogP contribution in [-0.2, 0) is 42.4 Å². The van der Waals surface area contributed by atoms with E-state index in [0.29, 0.717) is 11.9 Å². The lowest BCUT2D eigenvalue weighted by atomic mass is 9.92. The smallest absolute Gasteiger partial charge is 0.464 e. The van der Waals surface area contributed by atoms with Crippen molar-refractivity contribution in [2.24, 2.45) is 0 Å². The summed E-state index contributed by atoms with van der Waals surface area (Å²) >= 11 is 0. The summed E-state index contributed by atoms with van der Waals surface area (Å²) in [5, 5.41) is 16.9. The van der Waals surface area contributed by atoms with Gasteiger partial charge in [-0.25, -0.2) is 9.50 Å². The molecule has 40 heavy (non-hydrogen) atoms. The molecule has 218 valence electrons. The highest BCUT2D eigenvalue weighted by Gasteiger charge is 2.52. The van der Waals surface area contributed by atoms with E-state index in [0.717, 1.165) is 7.11 Å². The Hall–Kier alpha value is -3.70. The van der Waals surface area contributed by atoms with E-state index in [4.69, 9.17) is 29.2 Å². The molecular formula is C24H34N6O9P+. The van der Waals surface area contributed by atoms with Crippen LogP contribution in [0.1, 0.15) is 58.8 Å². The minimum Gasteiger partial charge on any atom is -0.464 e. The van der Waals surface area contributed by atoms with Crippen LogP contribution in [0.2, 0.25) is 0 Å². The fourth-order valence-electron chi connectivity index (χ4n) is 3.45. The van der Waals surface area contributed by atoms with Crippen molar-refractivity contribution in [2.45, 2.75) is 70.8 Å². The Bertz CT molecular complexity index is 1250. The van der Waals surface area contributed by atoms with Crippen molar-refractivity contribution in [1.29, 1.82) is 5.26 Å². The molecular weight excluding hydrogens is 547 g/mol. The molecule has 0 saturated heterocycles. The predicted molar refractivity (Wildman–Crippen MR) is 139 cm³/mol. The lowest BCUT2D eigenvalue weighted by molar-refractivity contribution is -0.193. The van der Waals surface area contributed by atoms with Crippen LogP contribution >= 0.6 is 8.18 Å². The maximum Gasteiger partial charge on any atom is 0.613 e. The molecule has 2 heterocycles. The average Bonchev–Trinajstić information content (AvgIpc) is 3.39. The Balaban J connectivity index is 2.50. The number of anilines is 1. The summed E-state index contributed by atoms with van der Waals surface area (Å²) in [7, 11) is -1.58. The number of esters is 3. The SMILES string of the molecule is CCCOC(=O)[C@H](C)N[P+](=O)OC[C@@](C#N)(OC)[C@@H](OC(=O)CC)[C@@H](OC(=O)CC)c1ccc2c(N)ncnn12. The highest BCUT2D eigenvalue weighted by atomic mass is 31.1. The average molecular weight is 582 g/mol. The van der Waals surface area contributed by atoms with Gasteiger partial charge in [0.1, 0.15) is 24.0 Å². The Morgan fingerprint density at radius 2 is 1.88 bits per heavy atom. The molecule has 0 spiro atoms. The standard InChI is InChI=1S/C24H34N6O9P/c1-6-11-36-23(33)15(4)29-40(34)37-13-24(12-25,35-5)21(39-19(32)8-3)20(38-18(31)7-2)16-9-10-17-22(26)27-14-28-30(16)17/h9-10,14-15,20-21H,6-8,11,13H2,1-5H3,(H,29,34)(H2,26,27,28)/q+1/t15-,20-,21-,24+/m0/s1. The second-order valence-corrected chi connectivity index (χ2v) is 9.51. The lowest BCUT2D eigenvalue weighted by Crippen LogP contribution is -2.53. The lowest BCUT2D eigenvalue weighted by Gasteiger charge is -2.35. The van der Waals surface area contributed by atoms with Gasteiger partial charge in [-0.3, -0.25) is 14.4 Å². The van der Waals surface area contributed by atoms with E-state index in [1.807, 2.05) is 13.0 Å². The monoisotopic (exact) mass is 581 g/mol. The van der Waals surface area contributed by atoms with Crippen LogP contribution in [0.25, 0.3) is 5.52 Å². The van der Waals surface area contributed by atoms with Gasteiger partial charge in [-0.15, -0.1) is 4.52 Å². The molecule has 16 heteroatoms. The first-order chi connectivity index (χ1) is 19.1. The number of hydrogen-bond donors (Lipinski definition) is 2. The van der Waals surface area contributed by atoms with Crippen molar-refractivity contribution in [3.63, 3.8) is 0 Å². The number of nitriles is 1. The van der Waals surface area contributed by atoms with Crippen LogP contribution in [0.5, 0.6) is 0 Å². The molecule has 2 aromatic heterocycles. The Morgan fingerprint density at radius 3 is 2.48 bits per heavy atom. The van der Waals surface area contributed by atoms with E-state index in [9.17, 15) is 24.2 Å². The van der Waals surface area contributed by atoms with Crippen LogP contribution < -0.4 is 10.8 Å². The molecule has 0 bridgehead atoms. The van der Waals surface area contributed by atoms with Gasteiger partial charge in [-0.1, -0.05) is 25.9 Å². The van der Waals surface area contributed by atoms with Crippen molar-refractivity contribution >= 4 is 37.4 Å². The third-order valence-electron chi connectivity index (χ3n) is 5.68. The van der Waals surface area contributed by atoms with Gasteiger partial charge in [0.25, 0.3) is 0 Å². The second-order valence-electron chi connectivity index (χ2n) is 8.48. The first-order valence-electron chi connectivity index (χ1n) is 12.5. The summed E-state index contributed by atoms with van der Waals surface area (Å²) in [6.45, 7) is 5.82. The number of methoxy groups -OCH3 is 1. The van der Waals surface area contributed by atoms with Gasteiger partial charge in [0.15, 0.2) is 24.6 Å². The van der Waals surface area contributed by atoms with E-state index in [1.165, 1.54) is 30.8 Å². The molecule has 0 aliphatic heterocycles. The summed E-state index contributed by atoms with van der Waals surface area (Å²) in [4.78, 5) is 41.0. The third kappa shape index (κ3) is 7.92. The van der Waals surface area contributed by atoms with E-state index < -0.39 is 56.5 Å². The summed E-state index contributed by atoms with van der Waals surface area (Å²) < 4.78 is 41.2. The third-order valence-corrected chi connectivity index (χ3v) is 6.64. The highest BCUT2D eigenvalue weighted by Crippen LogP contribution is 2.36. The molecule has 0 aromatic carbocycles. The fraction of sp³-hybridized carbons (Fsp3) is 0.583. The molecule has 5 atom stereocenters. The number of rotatable bonds is 16. The van der Waals surface area contributed by atoms with E-state index in [1.54, 1.807) is 13.0 Å². The van der Waals surface area contributed by atoms with E-state index in [-0.39, 0.29) is 31.0 Å². The number of nitrogens with zero attached hydrogens (tertiary/aromatic N) is 4. The van der Waals surface area contributed by atoms with Crippen molar-refractivity contribution in [3.8, 4) is 6.07 Å². The normalized spacial score (nSPS) is 15.2. The summed E-state index contributed by atoms with van der Waals surface area (Å²) in [5.74, 6) is -1.95. The molecule has 2 aromatic rings. The van der Waals surface area contributed by atoms with Gasteiger partial charge >= 0.3 is 26.1 Å². The number of nitrogens with two attached hydrogens (primary N) is 1. The molecule has 0 fully saturated rings. The molecule has 0 saturated carbocycles. The predicted octanol–water partition coefficient (Wildman–Crippen LogP) is 2.14. The van der Waals surface area contributed by atoms with Crippen LogP contribution in [0.15, 0.2) is 18.5 Å². The van der Waals surface area contributed by atoms with Crippen LogP contribution in [0.4, 0.5) is 5.82 Å². The van der Waals surface area contributed by atoms with E-state index >= 15 is 0 Å². The van der Waals surface area contributed by atoms with Crippen LogP contribution in [-0.4, -0.2) is 70.6 Å². The number of ether oxygens (including phenoxy) is 4. The van der Waals surface area contributed by atoms with E-state index in [2.05, 4.69) is 15.2 Å². The molecule has 1 unspecified atom stereocenters.